The maximum atomic E-state index is 6.01. The topological polar surface area (TPSA) is 63.6 Å². The summed E-state index contributed by atoms with van der Waals surface area (Å²) in [5.74, 6) is 2.14. The van der Waals surface area contributed by atoms with Gasteiger partial charge in [-0.2, -0.15) is 0 Å². The van der Waals surface area contributed by atoms with Crippen molar-refractivity contribution in [1.82, 2.24) is 19.9 Å². The number of aromatic nitrogens is 4. The molecule has 0 atom stereocenters. The number of halogens is 1. The number of anilines is 1. The van der Waals surface area contributed by atoms with E-state index in [9.17, 15) is 0 Å². The van der Waals surface area contributed by atoms with Gasteiger partial charge in [-0.3, -0.25) is 0 Å². The SMILES string of the molecule is Cc1nccc(CNc2nc(C)nc(Cl)c2C)n1. The number of nitrogens with zero attached hydrogens (tertiary/aromatic N) is 4. The van der Waals surface area contributed by atoms with Crippen molar-refractivity contribution in [2.45, 2.75) is 27.3 Å². The molecule has 0 bridgehead atoms. The van der Waals surface area contributed by atoms with E-state index in [4.69, 9.17) is 11.6 Å². The highest BCUT2D eigenvalue weighted by molar-refractivity contribution is 6.30. The molecule has 0 saturated heterocycles. The molecule has 0 aromatic carbocycles. The maximum Gasteiger partial charge on any atom is 0.137 e. The van der Waals surface area contributed by atoms with Crippen molar-refractivity contribution in [3.8, 4) is 0 Å². The van der Waals surface area contributed by atoms with E-state index >= 15 is 0 Å². The molecule has 2 rings (SSSR count). The van der Waals surface area contributed by atoms with Gasteiger partial charge in [0, 0.05) is 11.8 Å². The van der Waals surface area contributed by atoms with Crippen LogP contribution in [-0.4, -0.2) is 19.9 Å². The van der Waals surface area contributed by atoms with E-state index in [1.165, 1.54) is 0 Å². The second kappa shape index (κ2) is 5.27. The molecule has 0 unspecified atom stereocenters. The minimum absolute atomic E-state index is 0.476. The summed E-state index contributed by atoms with van der Waals surface area (Å²) in [5, 5.41) is 3.69. The molecular weight excluding hydrogens is 250 g/mol. The Labute approximate surface area is 111 Å². The Morgan fingerprint density at radius 1 is 1.11 bits per heavy atom. The van der Waals surface area contributed by atoms with Crippen molar-refractivity contribution in [3.05, 3.63) is 40.3 Å². The number of nitrogens with one attached hydrogen (secondary N) is 1. The summed E-state index contributed by atoms with van der Waals surface area (Å²) in [6.07, 6.45) is 1.74. The first-order valence-corrected chi connectivity index (χ1v) is 5.97. The quantitative estimate of drug-likeness (QED) is 0.862. The molecule has 0 fully saturated rings. The van der Waals surface area contributed by atoms with Crippen LogP contribution < -0.4 is 5.32 Å². The monoisotopic (exact) mass is 263 g/mol. The van der Waals surface area contributed by atoms with Crippen molar-refractivity contribution < 1.29 is 0 Å². The molecule has 2 aromatic rings. The van der Waals surface area contributed by atoms with Crippen LogP contribution in [0, 0.1) is 20.8 Å². The van der Waals surface area contributed by atoms with Gasteiger partial charge in [0.2, 0.25) is 0 Å². The van der Waals surface area contributed by atoms with Crippen molar-refractivity contribution >= 4 is 17.4 Å². The average molecular weight is 264 g/mol. The highest BCUT2D eigenvalue weighted by Crippen LogP contribution is 2.19. The molecule has 2 heterocycles. The van der Waals surface area contributed by atoms with Gasteiger partial charge in [0.05, 0.1) is 12.2 Å². The molecule has 0 spiro atoms. The molecule has 18 heavy (non-hydrogen) atoms. The van der Waals surface area contributed by atoms with Crippen LogP contribution in [0.15, 0.2) is 12.3 Å². The highest BCUT2D eigenvalue weighted by atomic mass is 35.5. The predicted molar refractivity (Wildman–Crippen MR) is 70.6 cm³/mol. The van der Waals surface area contributed by atoms with E-state index in [2.05, 4.69) is 25.3 Å². The molecular formula is C12H14ClN5. The minimum Gasteiger partial charge on any atom is -0.364 e. The standard InChI is InChI=1S/C12H14ClN5/c1-7-11(13)17-9(3)18-12(7)15-6-10-4-5-14-8(2)16-10/h4-5H,6H2,1-3H3,(H,15,17,18). The molecule has 5 nitrogen and oxygen atoms in total. The van der Waals surface area contributed by atoms with Crippen LogP contribution in [0.4, 0.5) is 5.82 Å². The van der Waals surface area contributed by atoms with E-state index < -0.39 is 0 Å². The zero-order valence-electron chi connectivity index (χ0n) is 10.5. The van der Waals surface area contributed by atoms with Crippen molar-refractivity contribution in [1.29, 1.82) is 0 Å². The van der Waals surface area contributed by atoms with E-state index in [1.54, 1.807) is 6.20 Å². The lowest BCUT2D eigenvalue weighted by atomic mass is 10.3. The molecule has 2 aromatic heterocycles. The van der Waals surface area contributed by atoms with E-state index in [0.29, 0.717) is 17.5 Å². The lowest BCUT2D eigenvalue weighted by molar-refractivity contribution is 0.937. The first-order valence-electron chi connectivity index (χ1n) is 5.59. The smallest absolute Gasteiger partial charge is 0.137 e. The van der Waals surface area contributed by atoms with Gasteiger partial charge in [0.1, 0.15) is 22.6 Å². The Hall–Kier alpha value is -1.75. The first kappa shape index (κ1) is 12.7. The minimum atomic E-state index is 0.476. The largest absolute Gasteiger partial charge is 0.364 e. The zero-order chi connectivity index (χ0) is 13.1. The van der Waals surface area contributed by atoms with Crippen LogP contribution in [0.3, 0.4) is 0 Å². The molecule has 0 aliphatic heterocycles. The second-order valence-electron chi connectivity index (χ2n) is 3.98. The van der Waals surface area contributed by atoms with Gasteiger partial charge < -0.3 is 5.32 Å². The summed E-state index contributed by atoms with van der Waals surface area (Å²) in [7, 11) is 0. The Morgan fingerprint density at radius 3 is 2.61 bits per heavy atom. The van der Waals surface area contributed by atoms with E-state index in [-0.39, 0.29) is 0 Å². The summed E-state index contributed by atoms with van der Waals surface area (Å²) in [4.78, 5) is 16.8. The van der Waals surface area contributed by atoms with Gasteiger partial charge in [-0.15, -0.1) is 0 Å². The third-order valence-corrected chi connectivity index (χ3v) is 2.84. The van der Waals surface area contributed by atoms with Crippen LogP contribution in [0.2, 0.25) is 5.15 Å². The number of hydrogen-bond acceptors (Lipinski definition) is 5. The Morgan fingerprint density at radius 2 is 1.89 bits per heavy atom. The Balaban J connectivity index is 2.15. The van der Waals surface area contributed by atoms with Gasteiger partial charge >= 0.3 is 0 Å². The van der Waals surface area contributed by atoms with Crippen molar-refractivity contribution in [2.75, 3.05) is 5.32 Å². The number of aryl methyl sites for hydroxylation is 2. The highest BCUT2D eigenvalue weighted by Gasteiger charge is 2.07. The lowest BCUT2D eigenvalue weighted by Crippen LogP contribution is -2.07. The van der Waals surface area contributed by atoms with Gasteiger partial charge in [0.15, 0.2) is 0 Å². The Bertz CT molecular complexity index is 570. The molecule has 0 aliphatic carbocycles. The normalized spacial score (nSPS) is 10.4. The van der Waals surface area contributed by atoms with Crippen LogP contribution in [-0.2, 0) is 6.54 Å². The maximum absolute atomic E-state index is 6.01. The van der Waals surface area contributed by atoms with Crippen molar-refractivity contribution in [3.63, 3.8) is 0 Å². The first-order chi connectivity index (χ1) is 8.56. The number of rotatable bonds is 3. The molecule has 0 saturated carbocycles. The van der Waals surface area contributed by atoms with Gasteiger partial charge in [0.25, 0.3) is 0 Å². The fraction of sp³-hybridized carbons (Fsp3) is 0.333. The third kappa shape index (κ3) is 2.92. The lowest BCUT2D eigenvalue weighted by Gasteiger charge is -2.10. The molecule has 1 N–H and O–H groups in total. The van der Waals surface area contributed by atoms with Crippen molar-refractivity contribution in [2.24, 2.45) is 0 Å². The molecule has 0 radical (unpaired) electrons. The van der Waals surface area contributed by atoms with Crippen LogP contribution in [0.1, 0.15) is 22.9 Å². The summed E-state index contributed by atoms with van der Waals surface area (Å²) in [5.41, 5.74) is 1.75. The summed E-state index contributed by atoms with van der Waals surface area (Å²) in [6, 6.07) is 1.87. The summed E-state index contributed by atoms with van der Waals surface area (Å²) >= 11 is 6.01. The van der Waals surface area contributed by atoms with Crippen LogP contribution >= 0.6 is 11.6 Å². The van der Waals surface area contributed by atoms with Gasteiger partial charge in [-0.05, 0) is 26.8 Å². The van der Waals surface area contributed by atoms with Crippen LogP contribution in [0.5, 0.6) is 0 Å². The van der Waals surface area contributed by atoms with Gasteiger partial charge in [-0.1, -0.05) is 11.6 Å². The van der Waals surface area contributed by atoms with Crippen LogP contribution in [0.25, 0.3) is 0 Å². The average Bonchev–Trinajstić information content (AvgIpc) is 2.32. The summed E-state index contributed by atoms with van der Waals surface area (Å²) < 4.78 is 0. The zero-order valence-corrected chi connectivity index (χ0v) is 11.3. The third-order valence-electron chi connectivity index (χ3n) is 2.47. The fourth-order valence-electron chi connectivity index (χ4n) is 1.54. The molecule has 0 aliphatic rings. The molecule has 94 valence electrons. The van der Waals surface area contributed by atoms with E-state index in [1.807, 2.05) is 26.8 Å². The Kier molecular flexibility index (Phi) is 3.72. The predicted octanol–water partition coefficient (Wildman–Crippen LogP) is 2.46. The molecule has 0 amide bonds. The number of hydrogen-bond donors (Lipinski definition) is 1. The molecule has 6 heteroatoms. The van der Waals surface area contributed by atoms with Gasteiger partial charge in [-0.25, -0.2) is 19.9 Å². The summed E-state index contributed by atoms with van der Waals surface area (Å²) in [6.45, 7) is 6.14. The fourth-order valence-corrected chi connectivity index (χ4v) is 1.76. The van der Waals surface area contributed by atoms with E-state index in [0.717, 1.165) is 22.9 Å². The second-order valence-corrected chi connectivity index (χ2v) is 4.34.